The standard InChI is InChI=1S/C19H19NO4/c1-2-24-19(23)18(22)17(21)15-13-10-6-7-11-14(13)20-16(15)12-8-4-3-5-9-12/h3-11,17-18,20-22H,2H2,1H3. The van der Waals surface area contributed by atoms with E-state index in [1.54, 1.807) is 6.92 Å². The molecular weight excluding hydrogens is 306 g/mol. The lowest BCUT2D eigenvalue weighted by molar-refractivity contribution is -0.159. The Morgan fingerprint density at radius 2 is 1.75 bits per heavy atom. The Morgan fingerprint density at radius 3 is 2.46 bits per heavy atom. The van der Waals surface area contributed by atoms with Crippen LogP contribution in [0.3, 0.4) is 0 Å². The highest BCUT2D eigenvalue weighted by atomic mass is 16.5. The lowest BCUT2D eigenvalue weighted by Gasteiger charge is -2.18. The molecule has 3 aromatic rings. The third-order valence-corrected chi connectivity index (χ3v) is 3.93. The predicted molar refractivity (Wildman–Crippen MR) is 91.3 cm³/mol. The van der Waals surface area contributed by atoms with Gasteiger partial charge in [-0.2, -0.15) is 0 Å². The quantitative estimate of drug-likeness (QED) is 0.630. The summed E-state index contributed by atoms with van der Waals surface area (Å²) >= 11 is 0. The van der Waals surface area contributed by atoms with Crippen molar-refractivity contribution in [3.05, 3.63) is 60.2 Å². The number of carbonyl (C=O) groups is 1. The summed E-state index contributed by atoms with van der Waals surface area (Å²) in [6.45, 7) is 1.79. The first kappa shape index (κ1) is 16.2. The number of nitrogens with one attached hydrogen (secondary N) is 1. The number of para-hydroxylation sites is 1. The number of fused-ring (bicyclic) bond motifs is 1. The largest absolute Gasteiger partial charge is 0.464 e. The van der Waals surface area contributed by atoms with Crippen molar-refractivity contribution in [2.75, 3.05) is 6.61 Å². The van der Waals surface area contributed by atoms with E-state index in [9.17, 15) is 15.0 Å². The van der Waals surface area contributed by atoms with Crippen LogP contribution in [0.15, 0.2) is 54.6 Å². The van der Waals surface area contributed by atoms with E-state index in [1.807, 2.05) is 54.6 Å². The predicted octanol–water partition coefficient (Wildman–Crippen LogP) is 2.79. The van der Waals surface area contributed by atoms with Crippen LogP contribution in [-0.4, -0.2) is 33.9 Å². The first-order chi connectivity index (χ1) is 11.6. The molecule has 0 aliphatic rings. The van der Waals surface area contributed by atoms with Gasteiger partial charge in [-0.15, -0.1) is 0 Å². The van der Waals surface area contributed by atoms with Crippen LogP contribution in [0, 0.1) is 0 Å². The second-order valence-corrected chi connectivity index (χ2v) is 5.47. The molecule has 0 aliphatic carbocycles. The van der Waals surface area contributed by atoms with Crippen molar-refractivity contribution in [2.45, 2.75) is 19.1 Å². The van der Waals surface area contributed by atoms with Gasteiger partial charge in [0.25, 0.3) is 0 Å². The molecule has 24 heavy (non-hydrogen) atoms. The number of hydrogen-bond acceptors (Lipinski definition) is 4. The molecular formula is C19H19NO4. The molecule has 2 aromatic carbocycles. The van der Waals surface area contributed by atoms with Gasteiger partial charge in [-0.25, -0.2) is 4.79 Å². The maximum Gasteiger partial charge on any atom is 0.338 e. The molecule has 5 heteroatoms. The number of hydrogen-bond donors (Lipinski definition) is 3. The van der Waals surface area contributed by atoms with Crippen LogP contribution in [0.5, 0.6) is 0 Å². The molecule has 0 spiro atoms. The molecule has 3 rings (SSSR count). The van der Waals surface area contributed by atoms with Crippen LogP contribution in [0.1, 0.15) is 18.6 Å². The Balaban J connectivity index is 2.13. The molecule has 2 atom stereocenters. The molecule has 5 nitrogen and oxygen atoms in total. The summed E-state index contributed by atoms with van der Waals surface area (Å²) in [5.74, 6) is -0.839. The van der Waals surface area contributed by atoms with Gasteiger partial charge in [0.2, 0.25) is 0 Å². The number of aromatic nitrogens is 1. The normalized spacial score (nSPS) is 13.6. The van der Waals surface area contributed by atoms with Crippen molar-refractivity contribution in [1.29, 1.82) is 0 Å². The molecule has 3 N–H and O–H groups in total. The maximum atomic E-state index is 11.8. The monoisotopic (exact) mass is 325 g/mol. The first-order valence-corrected chi connectivity index (χ1v) is 7.82. The number of carbonyl (C=O) groups excluding carboxylic acids is 1. The fourth-order valence-electron chi connectivity index (χ4n) is 2.82. The summed E-state index contributed by atoms with van der Waals surface area (Å²) in [5, 5.41) is 21.6. The number of rotatable bonds is 5. The number of benzene rings is 2. The van der Waals surface area contributed by atoms with E-state index < -0.39 is 18.2 Å². The Labute approximate surface area is 139 Å². The fourth-order valence-corrected chi connectivity index (χ4v) is 2.82. The highest BCUT2D eigenvalue weighted by molar-refractivity contribution is 5.92. The van der Waals surface area contributed by atoms with Gasteiger partial charge in [0.05, 0.1) is 12.3 Å². The Bertz CT molecular complexity index is 841. The van der Waals surface area contributed by atoms with E-state index in [0.29, 0.717) is 11.3 Å². The van der Waals surface area contributed by atoms with Crippen LogP contribution in [0.25, 0.3) is 22.2 Å². The lowest BCUT2D eigenvalue weighted by Crippen LogP contribution is -2.30. The number of aromatic amines is 1. The van der Waals surface area contributed by atoms with E-state index >= 15 is 0 Å². The lowest BCUT2D eigenvalue weighted by atomic mass is 9.97. The number of aliphatic hydroxyl groups is 2. The minimum atomic E-state index is -1.65. The summed E-state index contributed by atoms with van der Waals surface area (Å²) in [6, 6.07) is 16.9. The summed E-state index contributed by atoms with van der Waals surface area (Å²) in [7, 11) is 0. The molecule has 0 saturated heterocycles. The minimum Gasteiger partial charge on any atom is -0.464 e. The summed E-state index contributed by atoms with van der Waals surface area (Å²) in [5.41, 5.74) is 2.84. The van der Waals surface area contributed by atoms with Crippen molar-refractivity contribution in [3.63, 3.8) is 0 Å². The van der Waals surface area contributed by atoms with E-state index in [2.05, 4.69) is 4.98 Å². The van der Waals surface area contributed by atoms with Crippen molar-refractivity contribution in [3.8, 4) is 11.3 Å². The van der Waals surface area contributed by atoms with Gasteiger partial charge < -0.3 is 19.9 Å². The minimum absolute atomic E-state index is 0.141. The van der Waals surface area contributed by atoms with Crippen LogP contribution in [-0.2, 0) is 9.53 Å². The molecule has 0 bridgehead atoms. The van der Waals surface area contributed by atoms with Gasteiger partial charge in [0.1, 0.15) is 6.10 Å². The first-order valence-electron chi connectivity index (χ1n) is 7.82. The zero-order valence-electron chi connectivity index (χ0n) is 13.3. The van der Waals surface area contributed by atoms with Crippen LogP contribution in [0.4, 0.5) is 0 Å². The van der Waals surface area contributed by atoms with Crippen molar-refractivity contribution in [2.24, 2.45) is 0 Å². The maximum absolute atomic E-state index is 11.8. The van der Waals surface area contributed by atoms with E-state index in [1.165, 1.54) is 0 Å². The molecule has 124 valence electrons. The van der Waals surface area contributed by atoms with E-state index in [-0.39, 0.29) is 6.61 Å². The molecule has 1 aromatic heterocycles. The van der Waals surface area contributed by atoms with Gasteiger partial charge in [0, 0.05) is 16.5 Å². The Kier molecular flexibility index (Phi) is 4.64. The van der Waals surface area contributed by atoms with E-state index in [0.717, 1.165) is 16.5 Å². The number of esters is 1. The van der Waals surface area contributed by atoms with Crippen molar-refractivity contribution >= 4 is 16.9 Å². The molecule has 0 saturated carbocycles. The molecule has 0 amide bonds. The molecule has 1 heterocycles. The number of ether oxygens (including phenoxy) is 1. The van der Waals surface area contributed by atoms with Gasteiger partial charge >= 0.3 is 5.97 Å². The van der Waals surface area contributed by atoms with E-state index in [4.69, 9.17) is 4.74 Å². The Hall–Kier alpha value is -2.63. The van der Waals surface area contributed by atoms with Crippen molar-refractivity contribution in [1.82, 2.24) is 4.98 Å². The smallest absolute Gasteiger partial charge is 0.338 e. The summed E-state index contributed by atoms with van der Waals surface area (Å²) in [4.78, 5) is 15.1. The van der Waals surface area contributed by atoms with Gasteiger partial charge in [-0.05, 0) is 18.6 Å². The molecule has 0 aliphatic heterocycles. The number of aliphatic hydroxyl groups excluding tert-OH is 2. The van der Waals surface area contributed by atoms with Crippen LogP contribution >= 0.6 is 0 Å². The zero-order chi connectivity index (χ0) is 17.1. The molecule has 0 fully saturated rings. The van der Waals surface area contributed by atoms with Crippen LogP contribution < -0.4 is 0 Å². The topological polar surface area (TPSA) is 82.6 Å². The van der Waals surface area contributed by atoms with Crippen molar-refractivity contribution < 1.29 is 19.7 Å². The van der Waals surface area contributed by atoms with Gasteiger partial charge in [-0.1, -0.05) is 48.5 Å². The zero-order valence-corrected chi connectivity index (χ0v) is 13.3. The highest BCUT2D eigenvalue weighted by Crippen LogP contribution is 2.36. The number of H-pyrrole nitrogens is 1. The van der Waals surface area contributed by atoms with Gasteiger partial charge in [0.15, 0.2) is 6.10 Å². The molecule has 0 radical (unpaired) electrons. The third-order valence-electron chi connectivity index (χ3n) is 3.93. The highest BCUT2D eigenvalue weighted by Gasteiger charge is 2.31. The third kappa shape index (κ3) is 2.91. The average molecular weight is 325 g/mol. The molecule has 2 unspecified atom stereocenters. The van der Waals surface area contributed by atoms with Crippen LogP contribution in [0.2, 0.25) is 0 Å². The van der Waals surface area contributed by atoms with Gasteiger partial charge in [-0.3, -0.25) is 0 Å². The average Bonchev–Trinajstić information content (AvgIpc) is 3.01. The fraction of sp³-hybridized carbons (Fsp3) is 0.211. The Morgan fingerprint density at radius 1 is 1.08 bits per heavy atom. The summed E-state index contributed by atoms with van der Waals surface area (Å²) in [6.07, 6.45) is -3.04. The summed E-state index contributed by atoms with van der Waals surface area (Å²) < 4.78 is 4.82. The SMILES string of the molecule is CCOC(=O)C(O)C(O)c1c(-c2ccccc2)[nH]c2ccccc12. The second-order valence-electron chi connectivity index (χ2n) is 5.47. The second kappa shape index (κ2) is 6.86.